The number of carbonyl (C=O) groups is 1. The van der Waals surface area contributed by atoms with Gasteiger partial charge in [0.15, 0.2) is 5.13 Å². The highest BCUT2D eigenvalue weighted by Crippen LogP contribution is 2.26. The van der Waals surface area contributed by atoms with Crippen LogP contribution in [-0.4, -0.2) is 32.1 Å². The second-order valence-electron chi connectivity index (χ2n) is 5.28. The molecule has 1 heterocycles. The number of para-hydroxylation sites is 1. The molecule has 1 aromatic heterocycles. The fourth-order valence-corrected chi connectivity index (χ4v) is 4.16. The lowest BCUT2D eigenvalue weighted by Gasteiger charge is -2.21. The number of thiazole rings is 1. The summed E-state index contributed by atoms with van der Waals surface area (Å²) in [5.41, 5.74) is 1.10. The van der Waals surface area contributed by atoms with Crippen LogP contribution in [0.3, 0.4) is 0 Å². The summed E-state index contributed by atoms with van der Waals surface area (Å²) in [6.45, 7) is -0.366. The number of nitrogens with one attached hydrogen (secondary N) is 1. The number of hydrogen-bond acceptors (Lipinski definition) is 5. The van der Waals surface area contributed by atoms with Crippen molar-refractivity contribution < 1.29 is 13.2 Å². The van der Waals surface area contributed by atoms with Crippen molar-refractivity contribution in [3.63, 3.8) is 0 Å². The second kappa shape index (κ2) is 6.99. The van der Waals surface area contributed by atoms with Crippen molar-refractivity contribution in [2.24, 2.45) is 0 Å². The molecule has 2 aromatic carbocycles. The van der Waals surface area contributed by atoms with Crippen LogP contribution in [0.1, 0.15) is 0 Å². The molecule has 0 saturated heterocycles. The smallest absolute Gasteiger partial charge is 0.246 e. The fourth-order valence-electron chi connectivity index (χ4n) is 2.25. The summed E-state index contributed by atoms with van der Waals surface area (Å²) in [5, 5.41) is 3.46. The third-order valence-electron chi connectivity index (χ3n) is 3.32. The number of carbonyl (C=O) groups excluding carboxylic acids is 1. The molecule has 6 nitrogen and oxygen atoms in total. The maximum atomic E-state index is 12.3. The first-order chi connectivity index (χ1) is 11.8. The molecule has 0 aliphatic carbocycles. The van der Waals surface area contributed by atoms with Crippen LogP contribution in [0.25, 0.3) is 10.2 Å². The zero-order valence-electron chi connectivity index (χ0n) is 13.1. The number of anilines is 2. The zero-order valence-corrected chi connectivity index (χ0v) is 15.5. The van der Waals surface area contributed by atoms with Crippen molar-refractivity contribution in [3.05, 3.63) is 53.6 Å². The van der Waals surface area contributed by atoms with Crippen LogP contribution in [0.15, 0.2) is 48.5 Å². The Balaban J connectivity index is 1.80. The van der Waals surface area contributed by atoms with Crippen LogP contribution in [0.4, 0.5) is 10.8 Å². The Morgan fingerprint density at radius 1 is 1.24 bits per heavy atom. The number of halogens is 1. The van der Waals surface area contributed by atoms with Crippen molar-refractivity contribution in [3.8, 4) is 0 Å². The van der Waals surface area contributed by atoms with Crippen LogP contribution in [-0.2, 0) is 14.8 Å². The van der Waals surface area contributed by atoms with Gasteiger partial charge in [0.2, 0.25) is 15.9 Å². The van der Waals surface area contributed by atoms with E-state index >= 15 is 0 Å². The van der Waals surface area contributed by atoms with Gasteiger partial charge >= 0.3 is 0 Å². The SMILES string of the molecule is CS(=O)(=O)N(CC(=O)Nc1nc2ccccc2s1)c1cccc(Cl)c1. The molecule has 3 rings (SSSR count). The first-order valence-corrected chi connectivity index (χ1v) is 10.3. The lowest BCUT2D eigenvalue weighted by molar-refractivity contribution is -0.114. The van der Waals surface area contributed by atoms with E-state index in [-0.39, 0.29) is 6.54 Å². The average molecular weight is 396 g/mol. The lowest BCUT2D eigenvalue weighted by Crippen LogP contribution is -2.37. The third-order valence-corrected chi connectivity index (χ3v) is 5.65. The Morgan fingerprint density at radius 2 is 2.00 bits per heavy atom. The van der Waals surface area contributed by atoms with E-state index in [1.807, 2.05) is 24.3 Å². The van der Waals surface area contributed by atoms with Gasteiger partial charge in [0.05, 0.1) is 22.2 Å². The Bertz CT molecular complexity index is 1000. The Kier molecular flexibility index (Phi) is 4.94. The van der Waals surface area contributed by atoms with Gasteiger partial charge in [-0.3, -0.25) is 9.10 Å². The molecule has 1 amide bonds. The fraction of sp³-hybridized carbons (Fsp3) is 0.125. The molecule has 0 aliphatic heterocycles. The summed E-state index contributed by atoms with van der Waals surface area (Å²) in [4.78, 5) is 16.6. The van der Waals surface area contributed by atoms with Crippen molar-refractivity contribution in [1.82, 2.24) is 4.98 Å². The van der Waals surface area contributed by atoms with Crippen molar-refractivity contribution in [2.75, 3.05) is 22.4 Å². The minimum atomic E-state index is -3.65. The molecule has 0 spiro atoms. The lowest BCUT2D eigenvalue weighted by atomic mass is 10.3. The van der Waals surface area contributed by atoms with E-state index in [2.05, 4.69) is 10.3 Å². The number of benzene rings is 2. The number of hydrogen-bond donors (Lipinski definition) is 1. The molecule has 3 aromatic rings. The van der Waals surface area contributed by atoms with Gasteiger partial charge in [-0.25, -0.2) is 13.4 Å². The maximum Gasteiger partial charge on any atom is 0.246 e. The highest BCUT2D eigenvalue weighted by Gasteiger charge is 2.21. The van der Waals surface area contributed by atoms with Crippen LogP contribution in [0, 0.1) is 0 Å². The molecule has 25 heavy (non-hydrogen) atoms. The van der Waals surface area contributed by atoms with E-state index < -0.39 is 15.9 Å². The van der Waals surface area contributed by atoms with E-state index in [0.29, 0.717) is 15.8 Å². The van der Waals surface area contributed by atoms with Crippen molar-refractivity contribution in [2.45, 2.75) is 0 Å². The van der Waals surface area contributed by atoms with Gasteiger partial charge in [0.25, 0.3) is 0 Å². The van der Waals surface area contributed by atoms with Gasteiger partial charge in [-0.15, -0.1) is 0 Å². The molecule has 0 saturated carbocycles. The van der Waals surface area contributed by atoms with Gasteiger partial charge in [-0.2, -0.15) is 0 Å². The van der Waals surface area contributed by atoms with Gasteiger partial charge < -0.3 is 5.32 Å². The summed E-state index contributed by atoms with van der Waals surface area (Å²) >= 11 is 7.25. The van der Waals surface area contributed by atoms with E-state index in [0.717, 1.165) is 20.8 Å². The summed E-state index contributed by atoms with van der Waals surface area (Å²) in [5.74, 6) is -0.482. The number of aromatic nitrogens is 1. The quantitative estimate of drug-likeness (QED) is 0.718. The monoisotopic (exact) mass is 395 g/mol. The Labute approximate surface area is 154 Å². The summed E-state index contributed by atoms with van der Waals surface area (Å²) in [6.07, 6.45) is 1.04. The number of fused-ring (bicyclic) bond motifs is 1. The summed E-state index contributed by atoms with van der Waals surface area (Å²) < 4.78 is 26.1. The standard InChI is InChI=1S/C16H14ClN3O3S2/c1-25(22,23)20(12-6-4-5-11(17)9-12)10-15(21)19-16-18-13-7-2-3-8-14(13)24-16/h2-9H,10H2,1H3,(H,18,19,21). The highest BCUT2D eigenvalue weighted by molar-refractivity contribution is 7.92. The Morgan fingerprint density at radius 3 is 2.68 bits per heavy atom. The molecule has 0 radical (unpaired) electrons. The number of nitrogens with zero attached hydrogens (tertiary/aromatic N) is 2. The van der Waals surface area contributed by atoms with Crippen LogP contribution in [0.5, 0.6) is 0 Å². The van der Waals surface area contributed by atoms with E-state index in [4.69, 9.17) is 11.6 Å². The third kappa shape index (κ3) is 4.28. The predicted octanol–water partition coefficient (Wildman–Crippen LogP) is 3.35. The van der Waals surface area contributed by atoms with Gasteiger partial charge in [-0.1, -0.05) is 41.1 Å². The number of sulfonamides is 1. The molecule has 0 bridgehead atoms. The second-order valence-corrected chi connectivity index (χ2v) is 8.66. The molecule has 0 fully saturated rings. The highest BCUT2D eigenvalue weighted by atomic mass is 35.5. The average Bonchev–Trinajstić information content (AvgIpc) is 2.93. The number of amides is 1. The van der Waals surface area contributed by atoms with Gasteiger partial charge in [0, 0.05) is 5.02 Å². The summed E-state index contributed by atoms with van der Waals surface area (Å²) in [6, 6.07) is 13.8. The topological polar surface area (TPSA) is 79.4 Å². The van der Waals surface area contributed by atoms with Crippen molar-refractivity contribution in [1.29, 1.82) is 0 Å². The minimum Gasteiger partial charge on any atom is -0.300 e. The Hall–Kier alpha value is -2.16. The molecule has 1 N–H and O–H groups in total. The van der Waals surface area contributed by atoms with Crippen molar-refractivity contribution >= 4 is 59.9 Å². The van der Waals surface area contributed by atoms with Crippen LogP contribution in [0.2, 0.25) is 5.02 Å². The van der Waals surface area contributed by atoms with E-state index in [1.165, 1.54) is 17.4 Å². The molecule has 130 valence electrons. The van der Waals surface area contributed by atoms with E-state index in [9.17, 15) is 13.2 Å². The molecule has 0 unspecified atom stereocenters. The van der Waals surface area contributed by atoms with E-state index in [1.54, 1.807) is 18.2 Å². The summed E-state index contributed by atoms with van der Waals surface area (Å²) in [7, 11) is -3.65. The zero-order chi connectivity index (χ0) is 18.0. The maximum absolute atomic E-state index is 12.3. The molecular weight excluding hydrogens is 382 g/mol. The first kappa shape index (κ1) is 17.7. The number of rotatable bonds is 5. The minimum absolute atomic E-state index is 0.328. The van der Waals surface area contributed by atoms with Crippen LogP contribution >= 0.6 is 22.9 Å². The normalized spacial score (nSPS) is 11.4. The molecule has 9 heteroatoms. The van der Waals surface area contributed by atoms with Gasteiger partial charge in [-0.05, 0) is 30.3 Å². The largest absolute Gasteiger partial charge is 0.300 e. The van der Waals surface area contributed by atoms with Crippen LogP contribution < -0.4 is 9.62 Å². The molecule has 0 aliphatic rings. The molecular formula is C16H14ClN3O3S2. The molecule has 0 atom stereocenters. The van der Waals surface area contributed by atoms with Gasteiger partial charge in [0.1, 0.15) is 6.54 Å². The predicted molar refractivity (Wildman–Crippen MR) is 102 cm³/mol. The first-order valence-electron chi connectivity index (χ1n) is 7.21.